The Morgan fingerprint density at radius 3 is 2.24 bits per heavy atom. The maximum absolute atomic E-state index is 15.8. The summed E-state index contributed by atoms with van der Waals surface area (Å²) in [5.74, 6) is 0.436. The van der Waals surface area contributed by atoms with Crippen LogP contribution in [0.1, 0.15) is 109 Å². The fraction of sp³-hybridized carbons (Fsp3) is 0.647. The standard InChI is InChI=1S/C68H96F3N15O7S/c1-44-61(94-43-78-44)45-8-9-46(31-72-32-50-28-51(87)38-86(50)63(91)62(65(2,3)4)79-64(92)68(71)11-12-68)55(27-45)93-40-60(90)75-19-25-83-36-48-34-82(35-49(48)37-83)20-10-58(88)74-18-7-17-73-56-30-57(77-42-76-56)84-23-15-67(16-24-84)41-85(39-59(89)80-67)54-29-52(69)47(26-53(54)70)33-81-21-13-66(5,6)14-22-81/h8-9,26-27,29-30,42-43,48-51,62,72,87H,7,10-25,28,31-41H2,1-6H3,(H,74,88)(H,75,90)(H,79,92)(H,80,89)(H,73,76,77)/t48-,49+,50?,51-,62-/m1/s1. The average Bonchev–Trinajstić information content (AvgIpc) is 1.27. The largest absolute Gasteiger partial charge is 0.483 e. The highest BCUT2D eigenvalue weighted by molar-refractivity contribution is 7.13. The number of nitrogens with zero attached hydrogens (tertiary/aromatic N) is 9. The van der Waals surface area contributed by atoms with Gasteiger partial charge >= 0.3 is 0 Å². The number of hydrogen-bond donors (Lipinski definition) is 7. The molecular weight excluding hydrogens is 1230 g/mol. The number of aryl methyl sites for hydroxylation is 1. The SMILES string of the molecule is Cc1ncsc1-c1ccc(CNCC2C[C@@H](O)CN2C(=O)[C@@H](NC(=O)C2(F)CC2)C(C)(C)C)c(OCC(=O)NCCN2C[C@@H]3CN(CCC(=O)NCCCNc4cc(N5CCC6(CC5)CN(c5cc(F)c(CN7CCC(C)(C)CC7)cc5F)CC(=O)N6)ncn4)C[C@@H]3C2)c1. The first-order chi connectivity index (χ1) is 44.9. The van der Waals surface area contributed by atoms with Crippen LogP contribution < -0.4 is 46.4 Å². The number of halogens is 3. The summed E-state index contributed by atoms with van der Waals surface area (Å²) in [6.45, 7) is 22.8. The van der Waals surface area contributed by atoms with Gasteiger partial charge in [0.2, 0.25) is 17.7 Å². The van der Waals surface area contributed by atoms with Gasteiger partial charge in [0.05, 0.1) is 40.0 Å². The molecule has 1 unspecified atom stereocenters. The van der Waals surface area contributed by atoms with Gasteiger partial charge in [0.1, 0.15) is 41.4 Å². The predicted octanol–water partition coefficient (Wildman–Crippen LogP) is 5.24. The highest BCUT2D eigenvalue weighted by Crippen LogP contribution is 2.41. The number of likely N-dealkylation sites (tertiary alicyclic amines) is 4. The van der Waals surface area contributed by atoms with E-state index in [2.05, 4.69) is 80.3 Å². The summed E-state index contributed by atoms with van der Waals surface area (Å²) in [6, 6.07) is 8.99. The van der Waals surface area contributed by atoms with Gasteiger partial charge in [0, 0.05) is 140 Å². The van der Waals surface area contributed by atoms with Gasteiger partial charge < -0.3 is 66.2 Å². The number of piperidine rings is 2. The topological polar surface area (TPSA) is 245 Å². The number of alkyl halides is 1. The Labute approximate surface area is 554 Å². The number of aromatic nitrogens is 3. The number of hydrogen-bond acceptors (Lipinski definition) is 18. The minimum atomic E-state index is -1.93. The first-order valence-electron chi connectivity index (χ1n) is 33.8. The van der Waals surface area contributed by atoms with Crippen LogP contribution in [0.15, 0.2) is 48.2 Å². The zero-order chi connectivity index (χ0) is 66.5. The average molecular weight is 1320 g/mol. The summed E-state index contributed by atoms with van der Waals surface area (Å²) in [7, 11) is 0. The zero-order valence-electron chi connectivity index (χ0n) is 55.5. The molecule has 2 aromatic heterocycles. The fourth-order valence-electron chi connectivity index (χ4n) is 14.4. The van der Waals surface area contributed by atoms with E-state index < -0.39 is 46.3 Å². The van der Waals surface area contributed by atoms with Gasteiger partial charge in [-0.15, -0.1) is 11.3 Å². The molecule has 7 N–H and O–H groups in total. The number of carbonyl (C=O) groups excluding carboxylic acids is 5. The Morgan fingerprint density at radius 1 is 0.819 bits per heavy atom. The number of thiazole rings is 1. The molecule has 0 bridgehead atoms. The third-order valence-electron chi connectivity index (χ3n) is 20.3. The molecule has 6 saturated heterocycles. The Kier molecular flexibility index (Phi) is 21.4. The van der Waals surface area contributed by atoms with Crippen LogP contribution in [0.3, 0.4) is 0 Å². The van der Waals surface area contributed by atoms with Gasteiger partial charge in [0.15, 0.2) is 12.3 Å². The number of anilines is 3. The van der Waals surface area contributed by atoms with Crippen LogP contribution in [0.25, 0.3) is 10.4 Å². The molecule has 1 saturated carbocycles. The molecule has 6 aliphatic heterocycles. The lowest BCUT2D eigenvalue weighted by molar-refractivity contribution is -0.142. The van der Waals surface area contributed by atoms with Crippen LogP contribution >= 0.6 is 11.3 Å². The number of carbonyl (C=O) groups is 5. The van der Waals surface area contributed by atoms with E-state index in [-0.39, 0.29) is 73.3 Å². The second-order valence-electron chi connectivity index (χ2n) is 29.3. The van der Waals surface area contributed by atoms with Crippen LogP contribution in [0.5, 0.6) is 5.75 Å². The molecule has 2 aromatic carbocycles. The molecule has 8 heterocycles. The maximum atomic E-state index is 15.8. The second kappa shape index (κ2) is 29.3. The number of amides is 5. The Morgan fingerprint density at radius 2 is 1.54 bits per heavy atom. The summed E-state index contributed by atoms with van der Waals surface area (Å²) in [5.41, 5.74) is 1.88. The Bertz CT molecular complexity index is 3340. The van der Waals surface area contributed by atoms with E-state index in [1.165, 1.54) is 29.8 Å². The van der Waals surface area contributed by atoms with Crippen LogP contribution in [-0.2, 0) is 37.1 Å². The number of benzene rings is 2. The molecule has 5 amide bonds. The summed E-state index contributed by atoms with van der Waals surface area (Å²) in [5, 5.41) is 29.5. The number of rotatable bonds is 26. The third-order valence-corrected chi connectivity index (χ3v) is 21.3. The summed E-state index contributed by atoms with van der Waals surface area (Å²) in [4.78, 5) is 93.0. The van der Waals surface area contributed by atoms with Gasteiger partial charge in [-0.1, -0.05) is 46.8 Å². The van der Waals surface area contributed by atoms with E-state index in [4.69, 9.17) is 4.74 Å². The quantitative estimate of drug-likeness (QED) is 0.0398. The van der Waals surface area contributed by atoms with Crippen molar-refractivity contribution in [3.8, 4) is 16.2 Å². The number of piperazine rings is 1. The van der Waals surface area contributed by atoms with Crippen molar-refractivity contribution in [1.29, 1.82) is 0 Å². The van der Waals surface area contributed by atoms with Crippen molar-refractivity contribution in [2.75, 3.05) is 133 Å². The molecule has 7 fully saturated rings. The molecule has 22 nitrogen and oxygen atoms in total. The molecule has 11 rings (SSSR count). The molecule has 0 radical (unpaired) electrons. The number of β-amino-alcohol motifs (C(OH)–C–C–N with tert-alkyl or cyclic N) is 1. The molecule has 1 aliphatic carbocycles. The van der Waals surface area contributed by atoms with E-state index in [1.54, 1.807) is 15.3 Å². The van der Waals surface area contributed by atoms with Crippen LogP contribution in [0.4, 0.5) is 30.5 Å². The van der Waals surface area contributed by atoms with E-state index in [0.717, 1.165) is 79.6 Å². The number of aliphatic hydroxyl groups is 1. The summed E-state index contributed by atoms with van der Waals surface area (Å²) < 4.78 is 52.3. The van der Waals surface area contributed by atoms with Gasteiger partial charge in [-0.05, 0) is 112 Å². The normalized spacial score (nSPS) is 23.0. The highest BCUT2D eigenvalue weighted by atomic mass is 32.1. The number of ether oxygens (including phenoxy) is 1. The van der Waals surface area contributed by atoms with Crippen LogP contribution in [0, 0.1) is 41.2 Å². The van der Waals surface area contributed by atoms with Crippen LogP contribution in [0.2, 0.25) is 0 Å². The van der Waals surface area contributed by atoms with E-state index in [1.807, 2.05) is 52.0 Å². The van der Waals surface area contributed by atoms with Gasteiger partial charge in [-0.25, -0.2) is 28.1 Å². The molecule has 94 heavy (non-hydrogen) atoms. The number of aliphatic hydroxyl groups excluding tert-OH is 1. The number of fused-ring (bicyclic) bond motifs is 1. The molecule has 7 aliphatic rings. The van der Waals surface area contributed by atoms with E-state index in [0.29, 0.717) is 133 Å². The lowest BCUT2D eigenvalue weighted by Gasteiger charge is -2.48. The molecule has 5 atom stereocenters. The predicted molar refractivity (Wildman–Crippen MR) is 355 cm³/mol. The zero-order valence-corrected chi connectivity index (χ0v) is 56.3. The van der Waals surface area contributed by atoms with Crippen molar-refractivity contribution in [3.63, 3.8) is 0 Å². The second-order valence-corrected chi connectivity index (χ2v) is 30.2. The van der Waals surface area contributed by atoms with Crippen molar-refractivity contribution in [2.24, 2.45) is 22.7 Å². The molecule has 26 heteroatoms. The van der Waals surface area contributed by atoms with Crippen molar-refractivity contribution in [2.45, 2.75) is 142 Å². The first kappa shape index (κ1) is 68.7. The fourth-order valence-corrected chi connectivity index (χ4v) is 15.2. The maximum Gasteiger partial charge on any atom is 0.258 e. The van der Waals surface area contributed by atoms with Crippen molar-refractivity contribution >= 4 is 58.2 Å². The monoisotopic (exact) mass is 1320 g/mol. The Balaban J connectivity index is 0.557. The van der Waals surface area contributed by atoms with Crippen molar-refractivity contribution in [1.82, 2.24) is 61.1 Å². The van der Waals surface area contributed by atoms with E-state index >= 15 is 8.78 Å². The smallest absolute Gasteiger partial charge is 0.258 e. The summed E-state index contributed by atoms with van der Waals surface area (Å²) in [6.07, 6.45) is 5.75. The highest BCUT2D eigenvalue weighted by Gasteiger charge is 2.53. The molecule has 4 aromatic rings. The van der Waals surface area contributed by atoms with Crippen molar-refractivity contribution in [3.05, 3.63) is 76.7 Å². The number of nitrogens with one attached hydrogen (secondary N) is 6. The lowest BCUT2D eigenvalue weighted by atomic mass is 9.82. The van der Waals surface area contributed by atoms with E-state index in [9.17, 15) is 33.5 Å². The first-order valence-corrected chi connectivity index (χ1v) is 34.7. The van der Waals surface area contributed by atoms with Crippen LogP contribution in [-0.4, -0.2) is 216 Å². The molecule has 512 valence electrons. The lowest BCUT2D eigenvalue weighted by Crippen LogP contribution is -2.66. The van der Waals surface area contributed by atoms with Crippen molar-refractivity contribution < 1.29 is 47.0 Å². The van der Waals surface area contributed by atoms with Gasteiger partial charge in [-0.2, -0.15) is 0 Å². The molecule has 1 spiro atoms. The summed E-state index contributed by atoms with van der Waals surface area (Å²) >= 11 is 1.52. The van der Waals surface area contributed by atoms with Gasteiger partial charge in [0.25, 0.3) is 11.8 Å². The third kappa shape index (κ3) is 17.3. The van der Waals surface area contributed by atoms with Gasteiger partial charge in [-0.3, -0.25) is 28.9 Å². The Hall–Kier alpha value is -6.71. The minimum Gasteiger partial charge on any atom is -0.483 e. The minimum absolute atomic E-state index is 0.0197. The molecular formula is C68H96F3N15O7S.